The van der Waals surface area contributed by atoms with Crippen LogP contribution in [0.25, 0.3) is 0 Å². The average Bonchev–Trinajstić information content (AvgIpc) is 2.99. The number of rotatable bonds is 5. The lowest BCUT2D eigenvalue weighted by molar-refractivity contribution is -0.122. The molecule has 1 atom stereocenters. The molecule has 3 rings (SSSR count). The second-order valence-corrected chi connectivity index (χ2v) is 6.52. The molecule has 24 heavy (non-hydrogen) atoms. The van der Waals surface area contributed by atoms with Crippen LogP contribution in [0.3, 0.4) is 0 Å². The van der Waals surface area contributed by atoms with Gasteiger partial charge in [-0.2, -0.15) is 5.10 Å². The van der Waals surface area contributed by atoms with Crippen LogP contribution in [-0.4, -0.2) is 32.3 Å². The van der Waals surface area contributed by atoms with Crippen molar-refractivity contribution in [3.05, 3.63) is 41.2 Å². The second kappa shape index (κ2) is 7.27. The highest BCUT2D eigenvalue weighted by atomic mass is 35.5. The monoisotopic (exact) mass is 349 g/mol. The number of halogens is 1. The van der Waals surface area contributed by atoms with E-state index in [0.29, 0.717) is 17.4 Å². The van der Waals surface area contributed by atoms with Crippen molar-refractivity contribution >= 4 is 17.5 Å². The van der Waals surface area contributed by atoms with E-state index in [0.717, 1.165) is 31.4 Å². The summed E-state index contributed by atoms with van der Waals surface area (Å²) in [5, 5.41) is 7.28. The number of ether oxygens (including phenoxy) is 1. The summed E-state index contributed by atoms with van der Waals surface area (Å²) in [4.78, 5) is 20.7. The molecule has 1 fully saturated rings. The molecule has 1 unspecified atom stereocenters. The molecule has 8 heteroatoms. The van der Waals surface area contributed by atoms with E-state index in [1.54, 1.807) is 18.6 Å². The van der Waals surface area contributed by atoms with Gasteiger partial charge in [0.2, 0.25) is 5.91 Å². The predicted molar refractivity (Wildman–Crippen MR) is 88.3 cm³/mol. The first kappa shape index (κ1) is 16.9. The van der Waals surface area contributed by atoms with Crippen molar-refractivity contribution in [1.82, 2.24) is 25.1 Å². The summed E-state index contributed by atoms with van der Waals surface area (Å²) in [6, 6.07) is 0. The maximum absolute atomic E-state index is 11.9. The molecule has 1 aliphatic rings. The average molecular weight is 350 g/mol. The Morgan fingerprint density at radius 3 is 2.79 bits per heavy atom. The number of aromatic nitrogens is 4. The molecule has 128 valence electrons. The summed E-state index contributed by atoms with van der Waals surface area (Å²) in [7, 11) is 0. The Bertz CT molecular complexity index is 695. The fourth-order valence-corrected chi connectivity index (χ4v) is 2.81. The van der Waals surface area contributed by atoms with Crippen molar-refractivity contribution in [2.24, 2.45) is 0 Å². The van der Waals surface area contributed by atoms with E-state index in [-0.39, 0.29) is 12.5 Å². The third kappa shape index (κ3) is 4.10. The molecule has 0 bridgehead atoms. The first-order valence-corrected chi connectivity index (χ1v) is 8.33. The molecule has 0 aliphatic carbocycles. The minimum absolute atomic E-state index is 0.123. The van der Waals surface area contributed by atoms with Crippen LogP contribution in [0.15, 0.2) is 24.8 Å². The van der Waals surface area contributed by atoms with Crippen molar-refractivity contribution in [3.8, 4) is 0 Å². The summed E-state index contributed by atoms with van der Waals surface area (Å²) in [6.45, 7) is 3.26. The molecule has 1 amide bonds. The Kier molecular flexibility index (Phi) is 5.11. The first-order chi connectivity index (χ1) is 11.5. The molecule has 1 N–H and O–H groups in total. The molecule has 0 saturated carbocycles. The van der Waals surface area contributed by atoms with Gasteiger partial charge in [-0.3, -0.25) is 9.48 Å². The van der Waals surface area contributed by atoms with Crippen LogP contribution in [0.5, 0.6) is 0 Å². The van der Waals surface area contributed by atoms with Crippen LogP contribution in [0.2, 0.25) is 5.02 Å². The van der Waals surface area contributed by atoms with Gasteiger partial charge in [0.05, 0.1) is 11.2 Å². The third-order valence-corrected chi connectivity index (χ3v) is 4.24. The smallest absolute Gasteiger partial charge is 0.242 e. The maximum atomic E-state index is 11.9. The van der Waals surface area contributed by atoms with Gasteiger partial charge in [0.1, 0.15) is 12.1 Å². The van der Waals surface area contributed by atoms with Gasteiger partial charge in [-0.25, -0.2) is 9.97 Å². The first-order valence-electron chi connectivity index (χ1n) is 7.95. The van der Waals surface area contributed by atoms with Crippen molar-refractivity contribution in [3.63, 3.8) is 0 Å². The Hall–Kier alpha value is -1.99. The Labute approximate surface area is 145 Å². The number of nitrogens with one attached hydrogen (secondary N) is 1. The molecular formula is C16H20ClN5O2. The number of nitrogens with zero attached hydrogens (tertiary/aromatic N) is 4. The van der Waals surface area contributed by atoms with Crippen molar-refractivity contribution in [1.29, 1.82) is 0 Å². The number of carbonyl (C=O) groups is 1. The van der Waals surface area contributed by atoms with Gasteiger partial charge < -0.3 is 10.1 Å². The highest BCUT2D eigenvalue weighted by molar-refractivity contribution is 6.30. The van der Waals surface area contributed by atoms with Crippen LogP contribution in [-0.2, 0) is 28.2 Å². The second-order valence-electron chi connectivity index (χ2n) is 6.08. The topological polar surface area (TPSA) is 81.9 Å². The molecule has 3 heterocycles. The molecule has 0 aromatic carbocycles. The SMILES string of the molecule is CC1(c2ncc(CNC(=O)Cn3cc(Cl)cn3)cn2)CCCCO1. The van der Waals surface area contributed by atoms with E-state index in [2.05, 4.69) is 20.4 Å². The quantitative estimate of drug-likeness (QED) is 0.893. The molecule has 0 spiro atoms. The number of amides is 1. The van der Waals surface area contributed by atoms with Crippen LogP contribution in [0.4, 0.5) is 0 Å². The zero-order chi connectivity index (χ0) is 17.0. The van der Waals surface area contributed by atoms with Gasteiger partial charge in [-0.05, 0) is 26.2 Å². The maximum Gasteiger partial charge on any atom is 0.242 e. The minimum atomic E-state index is -0.403. The summed E-state index contributed by atoms with van der Waals surface area (Å²) in [6.07, 6.45) is 9.69. The van der Waals surface area contributed by atoms with Gasteiger partial charge in [0.25, 0.3) is 0 Å². The van der Waals surface area contributed by atoms with Gasteiger partial charge in [-0.15, -0.1) is 0 Å². The van der Waals surface area contributed by atoms with E-state index in [9.17, 15) is 4.79 Å². The van der Waals surface area contributed by atoms with Gasteiger partial charge in [0, 0.05) is 37.3 Å². The van der Waals surface area contributed by atoms with Crippen LogP contribution >= 0.6 is 11.6 Å². The number of carbonyl (C=O) groups excluding carboxylic acids is 1. The van der Waals surface area contributed by atoms with E-state index in [4.69, 9.17) is 16.3 Å². The fourth-order valence-electron chi connectivity index (χ4n) is 2.66. The molecule has 0 radical (unpaired) electrons. The summed E-state index contributed by atoms with van der Waals surface area (Å²) in [5.74, 6) is 0.546. The lowest BCUT2D eigenvalue weighted by Gasteiger charge is -2.32. The van der Waals surface area contributed by atoms with Gasteiger partial charge in [0.15, 0.2) is 5.82 Å². The van der Waals surface area contributed by atoms with Crippen molar-refractivity contribution in [2.45, 2.75) is 44.9 Å². The molecule has 2 aromatic rings. The summed E-state index contributed by atoms with van der Waals surface area (Å²) in [5.41, 5.74) is 0.435. The zero-order valence-electron chi connectivity index (χ0n) is 13.5. The van der Waals surface area contributed by atoms with Crippen LogP contribution in [0.1, 0.15) is 37.6 Å². The van der Waals surface area contributed by atoms with E-state index < -0.39 is 5.60 Å². The van der Waals surface area contributed by atoms with Crippen LogP contribution < -0.4 is 5.32 Å². The highest BCUT2D eigenvalue weighted by Crippen LogP contribution is 2.32. The Balaban J connectivity index is 1.53. The van der Waals surface area contributed by atoms with E-state index in [1.165, 1.54) is 10.9 Å². The van der Waals surface area contributed by atoms with Gasteiger partial charge in [-0.1, -0.05) is 11.6 Å². The fraction of sp³-hybridized carbons (Fsp3) is 0.500. The molecular weight excluding hydrogens is 330 g/mol. The number of hydrogen-bond acceptors (Lipinski definition) is 5. The molecule has 7 nitrogen and oxygen atoms in total. The van der Waals surface area contributed by atoms with E-state index in [1.807, 2.05) is 6.92 Å². The van der Waals surface area contributed by atoms with Crippen molar-refractivity contribution in [2.75, 3.05) is 6.61 Å². The Morgan fingerprint density at radius 1 is 1.38 bits per heavy atom. The van der Waals surface area contributed by atoms with E-state index >= 15 is 0 Å². The highest BCUT2D eigenvalue weighted by Gasteiger charge is 2.32. The van der Waals surface area contributed by atoms with Crippen LogP contribution in [0, 0.1) is 0 Å². The summed E-state index contributed by atoms with van der Waals surface area (Å²) < 4.78 is 7.33. The Morgan fingerprint density at radius 2 is 2.17 bits per heavy atom. The normalized spacial score (nSPS) is 20.8. The van der Waals surface area contributed by atoms with Gasteiger partial charge >= 0.3 is 0 Å². The largest absolute Gasteiger partial charge is 0.367 e. The zero-order valence-corrected chi connectivity index (χ0v) is 14.3. The minimum Gasteiger partial charge on any atom is -0.367 e. The predicted octanol–water partition coefficient (Wildman–Crippen LogP) is 2.06. The third-order valence-electron chi connectivity index (χ3n) is 4.04. The molecule has 1 saturated heterocycles. The lowest BCUT2D eigenvalue weighted by Crippen LogP contribution is -2.32. The van der Waals surface area contributed by atoms with Crippen molar-refractivity contribution < 1.29 is 9.53 Å². The molecule has 2 aromatic heterocycles. The lowest BCUT2D eigenvalue weighted by atomic mass is 9.95. The molecule has 1 aliphatic heterocycles. The number of hydrogen-bond donors (Lipinski definition) is 1. The standard InChI is InChI=1S/C16H20ClN5O2/c1-16(4-2-3-5-24-16)15-19-7-12(8-20-15)6-18-14(23)11-22-10-13(17)9-21-22/h7-10H,2-6,11H2,1H3,(H,18,23). The summed E-state index contributed by atoms with van der Waals surface area (Å²) >= 11 is 5.77.